The van der Waals surface area contributed by atoms with Gasteiger partial charge in [-0.05, 0) is 49.7 Å². The van der Waals surface area contributed by atoms with Crippen LogP contribution in [0.5, 0.6) is 0 Å². The maximum atomic E-state index is 11.4. The van der Waals surface area contributed by atoms with Gasteiger partial charge in [0.2, 0.25) is 0 Å². The predicted molar refractivity (Wildman–Crippen MR) is 80.2 cm³/mol. The molecule has 1 N–H and O–H groups in total. The van der Waals surface area contributed by atoms with E-state index < -0.39 is 5.97 Å². The number of fused-ring (bicyclic) bond motifs is 1. The van der Waals surface area contributed by atoms with Crippen molar-refractivity contribution < 1.29 is 9.90 Å². The second-order valence-electron chi connectivity index (χ2n) is 6.35. The van der Waals surface area contributed by atoms with Crippen molar-refractivity contribution in [3.8, 4) is 0 Å². The molecule has 1 fully saturated rings. The molecule has 1 aromatic rings. The van der Waals surface area contributed by atoms with Crippen LogP contribution in [0.2, 0.25) is 0 Å². The highest BCUT2D eigenvalue weighted by Crippen LogP contribution is 2.39. The van der Waals surface area contributed by atoms with E-state index in [0.717, 1.165) is 30.1 Å². The highest BCUT2D eigenvalue weighted by Gasteiger charge is 2.33. The first-order valence-electron chi connectivity index (χ1n) is 7.75. The molecule has 1 atom stereocenters. The summed E-state index contributed by atoms with van der Waals surface area (Å²) in [7, 11) is 0. The Morgan fingerprint density at radius 2 is 1.85 bits per heavy atom. The molecule has 108 valence electrons. The van der Waals surface area contributed by atoms with Gasteiger partial charge in [0.15, 0.2) is 0 Å². The van der Waals surface area contributed by atoms with Gasteiger partial charge in [0, 0.05) is 18.3 Å². The number of hydrogen-bond acceptors (Lipinski definition) is 2. The monoisotopic (exact) mass is 273 g/mol. The van der Waals surface area contributed by atoms with E-state index in [-0.39, 0.29) is 5.92 Å². The average Bonchev–Trinajstić information content (AvgIpc) is 2.47. The van der Waals surface area contributed by atoms with Crippen LogP contribution >= 0.6 is 0 Å². The van der Waals surface area contributed by atoms with Crippen molar-refractivity contribution in [1.82, 2.24) is 0 Å². The van der Waals surface area contributed by atoms with E-state index in [1.165, 1.54) is 25.7 Å². The van der Waals surface area contributed by atoms with Crippen molar-refractivity contribution in [2.75, 3.05) is 11.4 Å². The summed E-state index contributed by atoms with van der Waals surface area (Å²) >= 11 is 0. The molecule has 3 nitrogen and oxygen atoms in total. The molecule has 1 aromatic carbocycles. The third kappa shape index (κ3) is 2.41. The van der Waals surface area contributed by atoms with Crippen LogP contribution in [0.3, 0.4) is 0 Å². The third-order valence-electron chi connectivity index (χ3n) is 5.00. The molecule has 0 radical (unpaired) electrons. The Morgan fingerprint density at radius 1 is 1.15 bits per heavy atom. The summed E-state index contributed by atoms with van der Waals surface area (Å²) in [6, 6.07) is 8.68. The quantitative estimate of drug-likeness (QED) is 0.894. The lowest BCUT2D eigenvalue weighted by Crippen LogP contribution is -2.42. The van der Waals surface area contributed by atoms with E-state index in [4.69, 9.17) is 0 Å². The summed E-state index contributed by atoms with van der Waals surface area (Å²) in [6.07, 6.45) is 5.82. The Balaban J connectivity index is 1.87. The molecule has 3 heteroatoms. The number of benzene rings is 1. The van der Waals surface area contributed by atoms with Crippen molar-refractivity contribution >= 4 is 11.7 Å². The first-order chi connectivity index (χ1) is 9.66. The van der Waals surface area contributed by atoms with Crippen LogP contribution in [0.4, 0.5) is 5.69 Å². The highest BCUT2D eigenvalue weighted by molar-refractivity contribution is 5.80. The van der Waals surface area contributed by atoms with Gasteiger partial charge in [0.25, 0.3) is 0 Å². The maximum absolute atomic E-state index is 11.4. The van der Waals surface area contributed by atoms with Gasteiger partial charge in [-0.25, -0.2) is 0 Å². The fraction of sp³-hybridized carbons (Fsp3) is 0.588. The molecule has 1 heterocycles. The summed E-state index contributed by atoms with van der Waals surface area (Å²) < 4.78 is 0. The molecular weight excluding hydrogens is 250 g/mol. The lowest BCUT2D eigenvalue weighted by atomic mass is 9.83. The second kappa shape index (κ2) is 5.47. The van der Waals surface area contributed by atoms with Crippen molar-refractivity contribution in [2.24, 2.45) is 5.92 Å². The SMILES string of the molecule is CC1CCC(N2CCC(C(=O)O)c3ccccc32)CC1. The minimum absolute atomic E-state index is 0.329. The van der Waals surface area contributed by atoms with Crippen LogP contribution in [-0.2, 0) is 4.79 Å². The van der Waals surface area contributed by atoms with Gasteiger partial charge in [-0.1, -0.05) is 25.1 Å². The van der Waals surface area contributed by atoms with E-state index in [9.17, 15) is 9.90 Å². The largest absolute Gasteiger partial charge is 0.481 e. The Bertz CT molecular complexity index is 492. The lowest BCUT2D eigenvalue weighted by molar-refractivity contribution is -0.139. The van der Waals surface area contributed by atoms with Crippen molar-refractivity contribution in [2.45, 2.75) is 51.0 Å². The molecule has 0 bridgehead atoms. The highest BCUT2D eigenvalue weighted by atomic mass is 16.4. The van der Waals surface area contributed by atoms with Gasteiger partial charge in [0.05, 0.1) is 5.92 Å². The molecule has 2 aliphatic rings. The average molecular weight is 273 g/mol. The minimum Gasteiger partial charge on any atom is -0.481 e. The van der Waals surface area contributed by atoms with Crippen LogP contribution in [-0.4, -0.2) is 23.7 Å². The fourth-order valence-electron chi connectivity index (χ4n) is 3.78. The number of carboxylic acid groups (broad SMARTS) is 1. The normalized spacial score (nSPS) is 29.9. The molecule has 0 spiro atoms. The zero-order valence-corrected chi connectivity index (χ0v) is 12.1. The first kappa shape index (κ1) is 13.5. The first-order valence-corrected chi connectivity index (χ1v) is 7.75. The second-order valence-corrected chi connectivity index (χ2v) is 6.35. The molecule has 0 amide bonds. The number of carboxylic acids is 1. The minimum atomic E-state index is -0.686. The Hall–Kier alpha value is -1.51. The number of nitrogens with zero attached hydrogens (tertiary/aromatic N) is 1. The Morgan fingerprint density at radius 3 is 2.55 bits per heavy atom. The van der Waals surface area contributed by atoms with Crippen LogP contribution < -0.4 is 4.90 Å². The van der Waals surface area contributed by atoms with E-state index in [1.54, 1.807) is 0 Å². The number of anilines is 1. The van der Waals surface area contributed by atoms with Crippen LogP contribution in [0.15, 0.2) is 24.3 Å². The molecule has 20 heavy (non-hydrogen) atoms. The predicted octanol–water partition coefficient (Wildman–Crippen LogP) is 3.64. The Labute approximate surface area is 120 Å². The van der Waals surface area contributed by atoms with Crippen molar-refractivity contribution in [1.29, 1.82) is 0 Å². The van der Waals surface area contributed by atoms with Gasteiger partial charge in [-0.3, -0.25) is 4.79 Å². The summed E-state index contributed by atoms with van der Waals surface area (Å²) in [5.74, 6) is -0.169. The number of hydrogen-bond donors (Lipinski definition) is 1. The molecule has 1 aliphatic heterocycles. The van der Waals surface area contributed by atoms with E-state index >= 15 is 0 Å². The maximum Gasteiger partial charge on any atom is 0.311 e. The standard InChI is InChI=1S/C17H23NO2/c1-12-6-8-13(9-7-12)18-11-10-15(17(19)20)14-4-2-3-5-16(14)18/h2-5,12-13,15H,6-11H2,1H3,(H,19,20). The summed E-state index contributed by atoms with van der Waals surface area (Å²) in [4.78, 5) is 13.9. The van der Waals surface area contributed by atoms with Gasteiger partial charge < -0.3 is 10.0 Å². The molecule has 1 aliphatic carbocycles. The van der Waals surface area contributed by atoms with Gasteiger partial charge in [0.1, 0.15) is 0 Å². The van der Waals surface area contributed by atoms with Crippen LogP contribution in [0.1, 0.15) is 50.5 Å². The van der Waals surface area contributed by atoms with Crippen LogP contribution in [0.25, 0.3) is 0 Å². The van der Waals surface area contributed by atoms with Gasteiger partial charge in [-0.2, -0.15) is 0 Å². The lowest BCUT2D eigenvalue weighted by Gasteiger charge is -2.42. The fourth-order valence-corrected chi connectivity index (χ4v) is 3.78. The summed E-state index contributed by atoms with van der Waals surface area (Å²) in [6.45, 7) is 3.22. The summed E-state index contributed by atoms with van der Waals surface area (Å²) in [5, 5.41) is 9.40. The number of rotatable bonds is 2. The topological polar surface area (TPSA) is 40.5 Å². The van der Waals surface area contributed by atoms with Crippen molar-refractivity contribution in [3.05, 3.63) is 29.8 Å². The van der Waals surface area contributed by atoms with Gasteiger partial charge >= 0.3 is 5.97 Å². The number of aliphatic carboxylic acids is 1. The molecular formula is C17H23NO2. The van der Waals surface area contributed by atoms with E-state index in [1.807, 2.05) is 18.2 Å². The number of carbonyl (C=O) groups is 1. The molecule has 0 saturated heterocycles. The molecule has 0 aromatic heterocycles. The van der Waals surface area contributed by atoms with E-state index in [0.29, 0.717) is 6.04 Å². The summed E-state index contributed by atoms with van der Waals surface area (Å²) in [5.41, 5.74) is 2.16. The zero-order valence-electron chi connectivity index (χ0n) is 12.1. The molecule has 1 unspecified atom stereocenters. The Kier molecular flexibility index (Phi) is 3.68. The van der Waals surface area contributed by atoms with E-state index in [2.05, 4.69) is 17.9 Å². The van der Waals surface area contributed by atoms with Crippen molar-refractivity contribution in [3.63, 3.8) is 0 Å². The smallest absolute Gasteiger partial charge is 0.311 e. The number of para-hydroxylation sites is 1. The third-order valence-corrected chi connectivity index (χ3v) is 5.00. The molecule has 3 rings (SSSR count). The van der Waals surface area contributed by atoms with Gasteiger partial charge in [-0.15, -0.1) is 0 Å². The van der Waals surface area contributed by atoms with Crippen LogP contribution in [0, 0.1) is 5.92 Å². The molecule has 1 saturated carbocycles. The zero-order chi connectivity index (χ0) is 14.1.